The van der Waals surface area contributed by atoms with Crippen LogP contribution >= 0.6 is 7.82 Å². The first-order valence-electron chi connectivity index (χ1n) is 23.9. The second-order valence-electron chi connectivity index (χ2n) is 18.8. The van der Waals surface area contributed by atoms with Gasteiger partial charge in [-0.25, -0.2) is 4.57 Å². The Kier molecular flexibility index (Phi) is 30.8. The van der Waals surface area contributed by atoms with Gasteiger partial charge in [-0.3, -0.25) is 18.6 Å². The lowest BCUT2D eigenvalue weighted by Crippen LogP contribution is -2.49. The van der Waals surface area contributed by atoms with Gasteiger partial charge in [0.25, 0.3) is 0 Å². The molecule has 0 bridgehead atoms. The van der Waals surface area contributed by atoms with Crippen LogP contribution in [0.2, 0.25) is 0 Å². The Morgan fingerprint density at radius 3 is 1.54 bits per heavy atom. The van der Waals surface area contributed by atoms with Crippen LogP contribution in [0.25, 0.3) is 0 Å². The summed E-state index contributed by atoms with van der Waals surface area (Å²) in [5.41, 5.74) is -1.08. The third-order valence-electron chi connectivity index (χ3n) is 11.5. The number of hydrogen-bond donors (Lipinski definition) is 1. The van der Waals surface area contributed by atoms with Gasteiger partial charge in [0.2, 0.25) is 0 Å². The molecule has 0 aromatic carbocycles. The molecule has 1 saturated heterocycles. The van der Waals surface area contributed by atoms with E-state index in [0.29, 0.717) is 24.1 Å². The Hall–Kier alpha value is -1.11. The second-order valence-corrected chi connectivity index (χ2v) is 20.3. The van der Waals surface area contributed by atoms with Crippen LogP contribution in [0.15, 0.2) is 0 Å². The molecule has 13 heteroatoms. The number of hydrogen-bond acceptors (Lipinski definition) is 9. The van der Waals surface area contributed by atoms with Gasteiger partial charge in [0, 0.05) is 12.8 Å². The maximum Gasteiger partial charge on any atom is 0.472 e. The van der Waals surface area contributed by atoms with Crippen molar-refractivity contribution in [3.63, 3.8) is 0 Å². The van der Waals surface area contributed by atoms with E-state index >= 15 is 0 Å². The third-order valence-corrected chi connectivity index (χ3v) is 12.5. The average molecular weight is 863 g/mol. The molecular weight excluding hydrogens is 771 g/mol. The van der Waals surface area contributed by atoms with Crippen LogP contribution in [-0.4, -0.2) is 97.9 Å². The molecule has 1 N–H and O–H groups in total. The first-order valence-corrected chi connectivity index (χ1v) is 25.4. The number of carbonyl (C=O) groups is 2. The lowest BCUT2D eigenvalue weighted by atomic mass is 9.98. The van der Waals surface area contributed by atoms with E-state index in [1.807, 2.05) is 41.9 Å². The van der Waals surface area contributed by atoms with Crippen molar-refractivity contribution in [2.24, 2.45) is 0 Å². The highest BCUT2D eigenvalue weighted by molar-refractivity contribution is 7.47. The fourth-order valence-corrected chi connectivity index (χ4v) is 8.31. The summed E-state index contributed by atoms with van der Waals surface area (Å²) < 4.78 is 40.4. The van der Waals surface area contributed by atoms with Crippen LogP contribution in [0.4, 0.5) is 0 Å². The van der Waals surface area contributed by atoms with E-state index in [9.17, 15) is 24.3 Å². The maximum atomic E-state index is 12.7. The third kappa shape index (κ3) is 29.0. The normalized spacial score (nSPS) is 18.5. The summed E-state index contributed by atoms with van der Waals surface area (Å²) in [5, 5.41) is 13.9. The summed E-state index contributed by atoms with van der Waals surface area (Å²) in [6.45, 7) is 8.58. The van der Waals surface area contributed by atoms with Crippen molar-refractivity contribution in [3.8, 4) is 0 Å². The Labute approximate surface area is 361 Å². The largest absolute Gasteiger partial charge is 0.472 e. The Morgan fingerprint density at radius 1 is 0.678 bits per heavy atom. The van der Waals surface area contributed by atoms with Crippen molar-refractivity contribution >= 4 is 19.8 Å². The molecule has 3 atom stereocenters. The molecule has 0 spiro atoms. The molecule has 1 fully saturated rings. The molecule has 0 aromatic rings. The molecule has 1 aliphatic rings. The van der Waals surface area contributed by atoms with Crippen LogP contribution in [0.3, 0.4) is 0 Å². The molecular formula is C46H91N2O10P+. The van der Waals surface area contributed by atoms with E-state index < -0.39 is 37.8 Å². The smallest absolute Gasteiger partial charge is 0.462 e. The van der Waals surface area contributed by atoms with Gasteiger partial charge in [0.1, 0.15) is 25.5 Å². The predicted octanol–water partition coefficient (Wildman–Crippen LogP) is 11.8. The van der Waals surface area contributed by atoms with Crippen molar-refractivity contribution in [3.05, 3.63) is 0 Å². The van der Waals surface area contributed by atoms with E-state index in [4.69, 9.17) is 23.3 Å². The van der Waals surface area contributed by atoms with Crippen molar-refractivity contribution < 1.29 is 52.0 Å². The number of hydroxylamine groups is 2. The van der Waals surface area contributed by atoms with Gasteiger partial charge in [-0.15, -0.1) is 10.3 Å². The molecule has 0 aromatic heterocycles. The number of phosphoric ester groups is 1. The molecule has 3 unspecified atom stereocenters. The number of ether oxygens (including phenoxy) is 3. The number of rotatable bonds is 40. The summed E-state index contributed by atoms with van der Waals surface area (Å²) in [5.74, 6) is -0.822. The standard InChI is InChI=1S/C46H90N2O10P/c1-8-10-11-12-13-14-15-16-19-22-25-28-31-34-43(49)54-39-42(40-57-59(52,53)56-38-37-48(5,6)7)58-44(50)35-32-29-26-23-20-17-18-21-24-27-30-33-36-46(9-2)47(51)45(3,4)41-55-46/h42H,8-41H2,1-7H3/p+1. The summed E-state index contributed by atoms with van der Waals surface area (Å²) >= 11 is 0. The minimum atomic E-state index is -4.39. The van der Waals surface area contributed by atoms with Gasteiger partial charge in [-0.2, -0.15) is 0 Å². The summed E-state index contributed by atoms with van der Waals surface area (Å²) in [6.07, 6.45) is 30.1. The van der Waals surface area contributed by atoms with Gasteiger partial charge in [0.15, 0.2) is 6.10 Å². The Bertz CT molecular complexity index is 1120. The highest BCUT2D eigenvalue weighted by Crippen LogP contribution is 2.43. The molecule has 0 amide bonds. The Balaban J connectivity index is 2.26. The average Bonchev–Trinajstić information content (AvgIpc) is 3.41. The Morgan fingerprint density at radius 2 is 1.12 bits per heavy atom. The van der Waals surface area contributed by atoms with Gasteiger partial charge < -0.3 is 23.6 Å². The van der Waals surface area contributed by atoms with Gasteiger partial charge in [0.05, 0.1) is 39.9 Å². The molecule has 0 saturated carbocycles. The summed E-state index contributed by atoms with van der Waals surface area (Å²) in [6, 6.07) is 0. The van der Waals surface area contributed by atoms with Crippen molar-refractivity contribution in [2.75, 3.05) is 54.1 Å². The van der Waals surface area contributed by atoms with Crippen LogP contribution in [0.5, 0.6) is 0 Å². The second kappa shape index (κ2) is 32.5. The molecule has 1 heterocycles. The van der Waals surface area contributed by atoms with Crippen molar-refractivity contribution in [2.45, 2.75) is 231 Å². The monoisotopic (exact) mass is 863 g/mol. The lowest BCUT2D eigenvalue weighted by molar-refractivity contribution is -0.870. The topological polar surface area (TPSA) is 141 Å². The quantitative estimate of drug-likeness (QED) is 0.0274. The van der Waals surface area contributed by atoms with Crippen molar-refractivity contribution in [1.29, 1.82) is 0 Å². The van der Waals surface area contributed by atoms with E-state index in [0.717, 1.165) is 64.2 Å². The number of carbonyl (C=O) groups excluding carboxylic acids is 2. The van der Waals surface area contributed by atoms with E-state index in [1.54, 1.807) is 0 Å². The number of phosphoric acid groups is 1. The van der Waals surface area contributed by atoms with Crippen LogP contribution in [-0.2, 0) is 42.6 Å². The minimum absolute atomic E-state index is 0.0230. The molecule has 0 aliphatic carbocycles. The number of unbranched alkanes of at least 4 members (excludes halogenated alkanes) is 23. The summed E-state index contributed by atoms with van der Waals surface area (Å²) in [4.78, 5) is 35.5. The zero-order valence-electron chi connectivity index (χ0n) is 39.1. The first-order chi connectivity index (χ1) is 28.1. The first kappa shape index (κ1) is 55.9. The number of nitrogens with zero attached hydrogens (tertiary/aromatic N) is 2. The molecule has 1 radical (unpaired) electrons. The fourth-order valence-electron chi connectivity index (χ4n) is 7.57. The molecule has 349 valence electrons. The van der Waals surface area contributed by atoms with Crippen molar-refractivity contribution in [1.82, 2.24) is 5.06 Å². The molecule has 59 heavy (non-hydrogen) atoms. The summed E-state index contributed by atoms with van der Waals surface area (Å²) in [7, 11) is 1.45. The molecule has 12 nitrogen and oxygen atoms in total. The van der Waals surface area contributed by atoms with Gasteiger partial charge in [-0.05, 0) is 46.0 Å². The molecule has 1 rings (SSSR count). The number of esters is 2. The highest BCUT2D eigenvalue weighted by atomic mass is 31.2. The van der Waals surface area contributed by atoms with E-state index in [2.05, 4.69) is 6.92 Å². The van der Waals surface area contributed by atoms with Gasteiger partial charge in [-0.1, -0.05) is 155 Å². The zero-order chi connectivity index (χ0) is 43.9. The molecule has 1 aliphatic heterocycles. The van der Waals surface area contributed by atoms with Crippen LogP contribution in [0, 0.1) is 0 Å². The van der Waals surface area contributed by atoms with E-state index in [1.165, 1.54) is 108 Å². The van der Waals surface area contributed by atoms with Gasteiger partial charge >= 0.3 is 19.8 Å². The number of likely N-dealkylation sites (N-methyl/N-ethyl adjacent to an activating group) is 1. The zero-order valence-corrected chi connectivity index (χ0v) is 40.0. The highest BCUT2D eigenvalue weighted by Gasteiger charge is 2.51. The van der Waals surface area contributed by atoms with E-state index in [-0.39, 0.29) is 32.0 Å². The fraction of sp³-hybridized carbons (Fsp3) is 0.957. The minimum Gasteiger partial charge on any atom is -0.462 e. The lowest BCUT2D eigenvalue weighted by Gasteiger charge is -2.34. The van der Waals surface area contributed by atoms with Crippen LogP contribution in [0.1, 0.15) is 214 Å². The predicted molar refractivity (Wildman–Crippen MR) is 236 cm³/mol. The maximum absolute atomic E-state index is 12.7. The van der Waals surface area contributed by atoms with Crippen LogP contribution < -0.4 is 0 Å². The SMILES string of the molecule is CCCCCCCCCCCCCCCC(=O)OCC(COP(=O)(O)OCC[N+](C)(C)C)OC(=O)CCCCCCCCCCCCCCC1(CC)OCC(C)(C)N1[O]. The number of quaternary nitrogens is 1.